The highest BCUT2D eigenvalue weighted by molar-refractivity contribution is 6.04. The van der Waals surface area contributed by atoms with Gasteiger partial charge in [0.2, 0.25) is 0 Å². The van der Waals surface area contributed by atoms with Gasteiger partial charge in [0, 0.05) is 17.1 Å². The van der Waals surface area contributed by atoms with Crippen LogP contribution in [0.5, 0.6) is 0 Å². The zero-order valence-electron chi connectivity index (χ0n) is 35.4. The molecule has 64 heavy (non-hydrogen) atoms. The highest BCUT2D eigenvalue weighted by Crippen LogP contribution is 2.56. The number of fused-ring (bicyclic) bond motifs is 3. The summed E-state index contributed by atoms with van der Waals surface area (Å²) >= 11 is 0. The number of para-hydroxylation sites is 2. The van der Waals surface area contributed by atoms with Crippen LogP contribution in [-0.4, -0.2) is 0 Å². The molecule has 0 N–H and O–H groups in total. The second-order valence-corrected chi connectivity index (χ2v) is 16.4. The molecule has 0 heterocycles. The first-order valence-corrected chi connectivity index (χ1v) is 22.1. The van der Waals surface area contributed by atoms with E-state index in [2.05, 4.69) is 278 Å². The summed E-state index contributed by atoms with van der Waals surface area (Å²) in [6.07, 6.45) is 0. The van der Waals surface area contributed by atoms with Crippen molar-refractivity contribution in [2.24, 2.45) is 0 Å². The van der Waals surface area contributed by atoms with E-state index in [9.17, 15) is 0 Å². The van der Waals surface area contributed by atoms with Gasteiger partial charge in [0.25, 0.3) is 0 Å². The number of hydrogen-bond donors (Lipinski definition) is 0. The van der Waals surface area contributed by atoms with Crippen molar-refractivity contribution in [2.75, 3.05) is 4.90 Å². The summed E-state index contributed by atoms with van der Waals surface area (Å²) in [6, 6.07) is 99.3. The fourth-order valence-corrected chi connectivity index (χ4v) is 9.97. The average molecular weight is 816 g/mol. The molecule has 0 aliphatic heterocycles. The Morgan fingerprint density at radius 2 is 0.656 bits per heavy atom. The molecule has 1 aliphatic carbocycles. The van der Waals surface area contributed by atoms with E-state index in [0.717, 1.165) is 17.1 Å². The molecule has 0 atom stereocenters. The standard InChI is InChI=1S/C63H45N/c1-6-21-47(22-7-1)61(48-23-8-2-9-24-48)62(49-25-10-3-11-26-49)50-39-37-46(38-40-50)51-27-20-28-53(45-51)63(59-35-18-16-33-57(59)58-34-17-19-36-60(58)63)52-41-43-56(44-42-52)64(54-29-12-4-13-30-54)55-31-14-5-15-32-55/h1-45H. The van der Waals surface area contributed by atoms with E-state index in [4.69, 9.17) is 0 Å². The van der Waals surface area contributed by atoms with Gasteiger partial charge in [-0.15, -0.1) is 0 Å². The minimum absolute atomic E-state index is 0.546. The van der Waals surface area contributed by atoms with E-state index in [1.807, 2.05) is 0 Å². The molecule has 10 aromatic carbocycles. The van der Waals surface area contributed by atoms with Crippen molar-refractivity contribution < 1.29 is 0 Å². The van der Waals surface area contributed by atoms with Gasteiger partial charge in [-0.25, -0.2) is 0 Å². The number of anilines is 3. The Balaban J connectivity index is 1.06. The van der Waals surface area contributed by atoms with Crippen LogP contribution in [0.15, 0.2) is 273 Å². The first kappa shape index (κ1) is 38.6. The third-order valence-electron chi connectivity index (χ3n) is 12.8. The molecule has 11 rings (SSSR count). The second-order valence-electron chi connectivity index (χ2n) is 16.4. The van der Waals surface area contributed by atoms with Crippen LogP contribution in [0.2, 0.25) is 0 Å². The molecular weight excluding hydrogens is 771 g/mol. The number of hydrogen-bond acceptors (Lipinski definition) is 1. The lowest BCUT2D eigenvalue weighted by Crippen LogP contribution is -2.28. The lowest BCUT2D eigenvalue weighted by molar-refractivity contribution is 0.769. The van der Waals surface area contributed by atoms with E-state index < -0.39 is 5.41 Å². The lowest BCUT2D eigenvalue weighted by Gasteiger charge is -2.35. The predicted octanol–water partition coefficient (Wildman–Crippen LogP) is 16.2. The fourth-order valence-electron chi connectivity index (χ4n) is 9.97. The minimum atomic E-state index is -0.546. The third kappa shape index (κ3) is 6.85. The average Bonchev–Trinajstić information content (AvgIpc) is 3.68. The van der Waals surface area contributed by atoms with Crippen molar-refractivity contribution in [1.82, 2.24) is 0 Å². The van der Waals surface area contributed by atoms with Crippen molar-refractivity contribution in [3.63, 3.8) is 0 Å². The molecule has 0 saturated carbocycles. The highest BCUT2D eigenvalue weighted by atomic mass is 15.1. The molecule has 10 aromatic rings. The van der Waals surface area contributed by atoms with Crippen molar-refractivity contribution in [3.05, 3.63) is 317 Å². The summed E-state index contributed by atoms with van der Waals surface area (Å²) in [5.41, 5.74) is 19.9. The van der Waals surface area contributed by atoms with Gasteiger partial charge < -0.3 is 4.90 Å². The normalized spacial score (nSPS) is 12.2. The lowest BCUT2D eigenvalue weighted by atomic mass is 9.67. The predicted molar refractivity (Wildman–Crippen MR) is 268 cm³/mol. The second kappa shape index (κ2) is 16.9. The van der Waals surface area contributed by atoms with Gasteiger partial charge in [-0.3, -0.25) is 0 Å². The number of rotatable bonds is 10. The Morgan fingerprint density at radius 1 is 0.266 bits per heavy atom. The molecule has 1 heteroatoms. The first-order chi connectivity index (χ1) is 31.8. The van der Waals surface area contributed by atoms with Crippen LogP contribution in [0.3, 0.4) is 0 Å². The van der Waals surface area contributed by atoms with Crippen LogP contribution >= 0.6 is 0 Å². The molecule has 1 aliphatic rings. The van der Waals surface area contributed by atoms with Crippen LogP contribution in [0.1, 0.15) is 44.5 Å². The topological polar surface area (TPSA) is 3.24 Å². The molecule has 0 spiro atoms. The largest absolute Gasteiger partial charge is 0.311 e. The van der Waals surface area contributed by atoms with Gasteiger partial charge in [-0.1, -0.05) is 231 Å². The molecular formula is C63H45N. The van der Waals surface area contributed by atoms with Crippen molar-refractivity contribution in [1.29, 1.82) is 0 Å². The quantitative estimate of drug-likeness (QED) is 0.124. The Labute approximate surface area is 376 Å². The van der Waals surface area contributed by atoms with Crippen LogP contribution in [0.4, 0.5) is 17.1 Å². The maximum Gasteiger partial charge on any atom is 0.0713 e. The Hall–Kier alpha value is -8.26. The maximum atomic E-state index is 2.43. The van der Waals surface area contributed by atoms with Crippen LogP contribution in [-0.2, 0) is 5.41 Å². The van der Waals surface area contributed by atoms with Crippen LogP contribution in [0.25, 0.3) is 33.4 Å². The molecule has 0 saturated heterocycles. The Kier molecular flexibility index (Phi) is 10.2. The summed E-state index contributed by atoms with van der Waals surface area (Å²) in [6.45, 7) is 0. The SMILES string of the molecule is c1ccc(C(=C(c2ccccc2)c2ccc(-c3cccc(C4(c5ccc(N(c6ccccc6)c6ccccc6)cc5)c5ccccc5-c5ccccc54)c3)cc2)c2ccccc2)cc1. The van der Waals surface area contributed by atoms with E-state index >= 15 is 0 Å². The van der Waals surface area contributed by atoms with E-state index in [1.54, 1.807) is 0 Å². The van der Waals surface area contributed by atoms with Crippen molar-refractivity contribution >= 4 is 28.2 Å². The summed E-state index contributed by atoms with van der Waals surface area (Å²) in [7, 11) is 0. The molecule has 0 radical (unpaired) electrons. The molecule has 0 aromatic heterocycles. The monoisotopic (exact) mass is 815 g/mol. The summed E-state index contributed by atoms with van der Waals surface area (Å²) < 4.78 is 0. The molecule has 0 bridgehead atoms. The molecule has 0 unspecified atom stereocenters. The van der Waals surface area contributed by atoms with E-state index in [-0.39, 0.29) is 0 Å². The molecule has 0 amide bonds. The van der Waals surface area contributed by atoms with Gasteiger partial charge in [0.15, 0.2) is 0 Å². The Morgan fingerprint density at radius 3 is 1.12 bits per heavy atom. The van der Waals surface area contributed by atoms with E-state index in [1.165, 1.54) is 77.9 Å². The van der Waals surface area contributed by atoms with Crippen molar-refractivity contribution in [2.45, 2.75) is 5.41 Å². The molecule has 0 fully saturated rings. The van der Waals surface area contributed by atoms with Gasteiger partial charge in [0.05, 0.1) is 5.41 Å². The fraction of sp³-hybridized carbons (Fsp3) is 0.0159. The van der Waals surface area contributed by atoms with Gasteiger partial charge in [-0.05, 0) is 120 Å². The Bertz CT molecular complexity index is 3080. The third-order valence-corrected chi connectivity index (χ3v) is 12.8. The zero-order chi connectivity index (χ0) is 42.7. The zero-order valence-corrected chi connectivity index (χ0v) is 35.4. The number of benzene rings is 10. The van der Waals surface area contributed by atoms with Gasteiger partial charge in [-0.2, -0.15) is 0 Å². The van der Waals surface area contributed by atoms with Crippen molar-refractivity contribution in [3.8, 4) is 22.3 Å². The molecule has 1 nitrogen and oxygen atoms in total. The first-order valence-electron chi connectivity index (χ1n) is 22.1. The summed E-state index contributed by atoms with van der Waals surface area (Å²) in [4.78, 5) is 2.33. The van der Waals surface area contributed by atoms with Crippen LogP contribution in [0, 0.1) is 0 Å². The van der Waals surface area contributed by atoms with E-state index in [0.29, 0.717) is 0 Å². The smallest absolute Gasteiger partial charge is 0.0713 e. The maximum absolute atomic E-state index is 2.43. The van der Waals surface area contributed by atoms with Gasteiger partial charge >= 0.3 is 0 Å². The number of nitrogens with zero attached hydrogens (tertiary/aromatic N) is 1. The highest BCUT2D eigenvalue weighted by Gasteiger charge is 2.46. The molecule has 302 valence electrons. The summed E-state index contributed by atoms with van der Waals surface area (Å²) in [5.74, 6) is 0. The summed E-state index contributed by atoms with van der Waals surface area (Å²) in [5, 5.41) is 0. The van der Waals surface area contributed by atoms with Crippen LogP contribution < -0.4 is 4.90 Å². The van der Waals surface area contributed by atoms with Gasteiger partial charge in [0.1, 0.15) is 0 Å². The minimum Gasteiger partial charge on any atom is -0.311 e.